The van der Waals surface area contributed by atoms with Gasteiger partial charge in [-0.05, 0) is 58.4 Å². The number of hydrogen-bond donors (Lipinski definition) is 13. The maximum atomic E-state index is 13.4. The monoisotopic (exact) mass is 760 g/mol. The number of aliphatic hydroxyl groups is 2. The Labute approximate surface area is 306 Å². The van der Waals surface area contributed by atoms with E-state index in [1.54, 1.807) is 0 Å². The molecule has 0 fully saturated rings. The van der Waals surface area contributed by atoms with Crippen LogP contribution in [0.2, 0.25) is 0 Å². The van der Waals surface area contributed by atoms with Crippen LogP contribution in [0.5, 0.6) is 0 Å². The largest absolute Gasteiger partial charge is 0.480 e. The van der Waals surface area contributed by atoms with Gasteiger partial charge in [-0.25, -0.2) is 4.79 Å². The van der Waals surface area contributed by atoms with Gasteiger partial charge in [0.15, 0.2) is 0 Å². The summed E-state index contributed by atoms with van der Waals surface area (Å²) in [6, 6.07) is -8.82. The van der Waals surface area contributed by atoms with Crippen molar-refractivity contribution >= 4 is 53.2 Å². The van der Waals surface area contributed by atoms with Crippen molar-refractivity contribution < 1.29 is 58.5 Å². The number of carboxylic acid groups (broad SMARTS) is 1. The van der Waals surface area contributed by atoms with Crippen molar-refractivity contribution in [2.45, 2.75) is 121 Å². The smallest absolute Gasteiger partial charge is 0.326 e. The number of hydrogen-bond acceptors (Lipinski definition) is 13. The van der Waals surface area contributed by atoms with Crippen LogP contribution in [0.25, 0.3) is 0 Å². The number of aliphatic hydroxyl groups excluding tert-OH is 2. The molecule has 17 N–H and O–H groups in total. The highest BCUT2D eigenvalue weighted by atomic mass is 16.4. The third-order valence-electron chi connectivity index (χ3n) is 7.73. The highest BCUT2D eigenvalue weighted by Crippen LogP contribution is 2.08. The molecule has 0 aliphatic heterocycles. The summed E-state index contributed by atoms with van der Waals surface area (Å²) < 4.78 is 0. The quantitative estimate of drug-likeness (QED) is 0.0365. The number of aliphatic carboxylic acids is 1. The summed E-state index contributed by atoms with van der Waals surface area (Å²) in [7, 11) is 0. The molecule has 0 saturated carbocycles. The molecule has 0 rings (SSSR count). The Hall–Kier alpha value is -4.93. The van der Waals surface area contributed by atoms with Gasteiger partial charge >= 0.3 is 5.97 Å². The van der Waals surface area contributed by atoms with Crippen molar-refractivity contribution in [2.24, 2.45) is 28.9 Å². The molecule has 0 aliphatic rings. The van der Waals surface area contributed by atoms with Crippen LogP contribution in [0.3, 0.4) is 0 Å². The molecule has 8 amide bonds. The first-order valence-electron chi connectivity index (χ1n) is 17.0. The van der Waals surface area contributed by atoms with E-state index in [2.05, 4.69) is 31.9 Å². The van der Waals surface area contributed by atoms with Gasteiger partial charge in [-0.2, -0.15) is 0 Å². The second-order valence-electron chi connectivity index (χ2n) is 12.8. The van der Waals surface area contributed by atoms with Crippen LogP contribution in [0, 0.1) is 5.92 Å². The van der Waals surface area contributed by atoms with Gasteiger partial charge in [0.2, 0.25) is 47.3 Å². The zero-order valence-electron chi connectivity index (χ0n) is 30.4. The number of nitrogens with one attached hydrogen (secondary N) is 6. The molecule has 0 aromatic rings. The van der Waals surface area contributed by atoms with E-state index in [0.29, 0.717) is 19.4 Å². The Kier molecular flexibility index (Phi) is 22.1. The van der Waals surface area contributed by atoms with Gasteiger partial charge in [0.1, 0.15) is 30.2 Å². The van der Waals surface area contributed by atoms with Crippen LogP contribution in [0.4, 0.5) is 0 Å². The summed E-state index contributed by atoms with van der Waals surface area (Å²) in [5.41, 5.74) is 21.3. The molecule has 22 heteroatoms. The Morgan fingerprint density at radius 2 is 1.06 bits per heavy atom. The van der Waals surface area contributed by atoms with Crippen molar-refractivity contribution in [3.05, 3.63) is 0 Å². The summed E-state index contributed by atoms with van der Waals surface area (Å²) in [6.45, 7) is 5.00. The normalized spacial score (nSPS) is 15.6. The van der Waals surface area contributed by atoms with Gasteiger partial charge in [-0.1, -0.05) is 13.8 Å². The lowest BCUT2D eigenvalue weighted by Gasteiger charge is -2.29. The maximum absolute atomic E-state index is 13.4. The van der Waals surface area contributed by atoms with Gasteiger partial charge in [-0.15, -0.1) is 0 Å². The molecular weight excluding hydrogens is 704 g/mol. The van der Waals surface area contributed by atoms with Crippen LogP contribution in [-0.2, 0) is 43.2 Å². The second-order valence-corrected chi connectivity index (χ2v) is 12.8. The van der Waals surface area contributed by atoms with Gasteiger partial charge in [0, 0.05) is 12.8 Å². The Morgan fingerprint density at radius 1 is 0.585 bits per heavy atom. The third-order valence-corrected chi connectivity index (χ3v) is 7.73. The highest BCUT2D eigenvalue weighted by molar-refractivity contribution is 5.97. The van der Waals surface area contributed by atoms with E-state index in [9.17, 15) is 58.5 Å². The highest BCUT2D eigenvalue weighted by Gasteiger charge is 2.36. The lowest BCUT2D eigenvalue weighted by Crippen LogP contribution is -2.63. The zero-order chi connectivity index (χ0) is 41.0. The number of carbonyl (C=O) groups excluding carboxylic acids is 8. The minimum absolute atomic E-state index is 0.0356. The van der Waals surface area contributed by atoms with Crippen LogP contribution >= 0.6 is 0 Å². The topological polar surface area (TPSA) is 391 Å². The molecule has 0 aromatic heterocycles. The van der Waals surface area contributed by atoms with Crippen LogP contribution in [0.15, 0.2) is 0 Å². The molecule has 0 spiro atoms. The van der Waals surface area contributed by atoms with E-state index >= 15 is 0 Å². The summed E-state index contributed by atoms with van der Waals surface area (Å²) in [5, 5.41) is 43.9. The molecule has 0 heterocycles. The predicted molar refractivity (Wildman–Crippen MR) is 186 cm³/mol. The number of nitrogens with two attached hydrogens (primary N) is 4. The number of carboxylic acids is 1. The third kappa shape index (κ3) is 18.9. The van der Waals surface area contributed by atoms with Gasteiger partial charge in [-0.3, -0.25) is 38.4 Å². The lowest BCUT2D eigenvalue weighted by molar-refractivity contribution is -0.143. The van der Waals surface area contributed by atoms with E-state index in [1.165, 1.54) is 20.8 Å². The van der Waals surface area contributed by atoms with Crippen molar-refractivity contribution in [3.8, 4) is 0 Å². The van der Waals surface area contributed by atoms with E-state index < -0.39 is 121 Å². The molecule has 0 aliphatic carbocycles. The predicted octanol–water partition coefficient (Wildman–Crippen LogP) is -5.98. The fourth-order valence-electron chi connectivity index (χ4n) is 4.63. The van der Waals surface area contributed by atoms with Gasteiger partial charge in [0.05, 0.1) is 24.8 Å². The van der Waals surface area contributed by atoms with Gasteiger partial charge in [0.25, 0.3) is 0 Å². The van der Waals surface area contributed by atoms with E-state index in [4.69, 9.17) is 22.9 Å². The van der Waals surface area contributed by atoms with Crippen LogP contribution in [0.1, 0.15) is 72.6 Å². The molecule has 22 nitrogen and oxygen atoms in total. The number of rotatable bonds is 26. The molecule has 0 bridgehead atoms. The number of primary amides is 2. The Morgan fingerprint density at radius 3 is 1.53 bits per heavy atom. The minimum atomic E-state index is -1.74. The van der Waals surface area contributed by atoms with E-state index in [1.807, 2.05) is 0 Å². The first-order chi connectivity index (χ1) is 24.6. The SMILES string of the molecule is CC(C)[C@H](NC(=O)[C@@H](NC(=O)[C@H](CCC(N)=O)NC(=O)CNC(=O)[C@@H](N)CCC(N)=O)[C@@H](C)O)C(=O)N[C@H](C(=O)N[C@@H](CCCCN)C(=O)O)[C@@H](C)O. The van der Waals surface area contributed by atoms with Crippen molar-refractivity contribution in [3.63, 3.8) is 0 Å². The molecule has 0 saturated heterocycles. The summed E-state index contributed by atoms with van der Waals surface area (Å²) in [4.78, 5) is 112. The summed E-state index contributed by atoms with van der Waals surface area (Å²) >= 11 is 0. The van der Waals surface area contributed by atoms with Crippen molar-refractivity contribution in [1.29, 1.82) is 0 Å². The second kappa shape index (κ2) is 24.3. The molecule has 0 unspecified atom stereocenters. The van der Waals surface area contributed by atoms with E-state index in [0.717, 1.165) is 6.92 Å². The Balaban J connectivity index is 5.83. The molecule has 53 heavy (non-hydrogen) atoms. The fourth-order valence-corrected chi connectivity index (χ4v) is 4.63. The standard InChI is InChI=1S/C31H56N10O12/c1-14(2)23(28(49)41-24(15(3)42)29(50)38-19(31(52)53)7-5-6-12-32)39-30(51)25(16(4)43)40-27(48)18(9-11-21(35)45)37-22(46)13-36-26(47)17(33)8-10-20(34)44/h14-19,23-25,42-43H,5-13,32-33H2,1-4H3,(H2,34,44)(H2,35,45)(H,36,47)(H,37,46)(H,38,50)(H,39,51)(H,40,48)(H,41,49)(H,52,53)/t15-,16-,17+,18+,19+,23+,24+,25+/m1/s1. The number of unbranched alkanes of at least 4 members (excludes halogenated alkanes) is 1. The van der Waals surface area contributed by atoms with Crippen LogP contribution in [-0.4, -0.2) is 130 Å². The lowest BCUT2D eigenvalue weighted by atomic mass is 10.0. The molecule has 0 radical (unpaired) electrons. The summed E-state index contributed by atoms with van der Waals surface area (Å²) in [5.74, 6) is -9.36. The molecule has 302 valence electrons. The molecule has 8 atom stereocenters. The van der Waals surface area contributed by atoms with Crippen LogP contribution < -0.4 is 54.8 Å². The first-order valence-corrected chi connectivity index (χ1v) is 17.0. The number of amides is 8. The number of carbonyl (C=O) groups is 9. The molecule has 0 aromatic carbocycles. The average molecular weight is 761 g/mol. The molecular formula is C31H56N10O12. The van der Waals surface area contributed by atoms with Crippen molar-refractivity contribution in [1.82, 2.24) is 31.9 Å². The Bertz CT molecular complexity index is 1300. The first kappa shape index (κ1) is 48.1. The maximum Gasteiger partial charge on any atom is 0.326 e. The van der Waals surface area contributed by atoms with Crippen molar-refractivity contribution in [2.75, 3.05) is 13.1 Å². The minimum Gasteiger partial charge on any atom is -0.480 e. The average Bonchev–Trinajstić information content (AvgIpc) is 3.06. The zero-order valence-corrected chi connectivity index (χ0v) is 30.4. The summed E-state index contributed by atoms with van der Waals surface area (Å²) in [6.07, 6.45) is -3.21. The van der Waals surface area contributed by atoms with Gasteiger partial charge < -0.3 is 70.2 Å². The fraction of sp³-hybridized carbons (Fsp3) is 0.710. The van der Waals surface area contributed by atoms with E-state index in [-0.39, 0.29) is 25.7 Å².